The Labute approximate surface area is 99.5 Å². The molecule has 2 atom stereocenters. The fourth-order valence-corrected chi connectivity index (χ4v) is 1.73. The van der Waals surface area contributed by atoms with E-state index in [1.54, 1.807) is 0 Å². The third kappa shape index (κ3) is 6.85. The number of alkyl halides is 3. The van der Waals surface area contributed by atoms with Crippen molar-refractivity contribution >= 4 is 10.1 Å². The van der Waals surface area contributed by atoms with Gasteiger partial charge in [-0.25, -0.2) is 8.42 Å². The molecule has 1 aliphatic rings. The first-order valence-electron chi connectivity index (χ1n) is 5.43. The molecule has 0 bridgehead atoms. The molecule has 1 rings (SSSR count). The van der Waals surface area contributed by atoms with E-state index in [-0.39, 0.29) is 0 Å². The zero-order chi connectivity index (χ0) is 13.7. The van der Waals surface area contributed by atoms with Gasteiger partial charge in [-0.2, -0.15) is 13.2 Å². The molecule has 2 unspecified atom stereocenters. The Morgan fingerprint density at radius 1 is 1.41 bits per heavy atom. The minimum Gasteiger partial charge on any atom is -0.741 e. The van der Waals surface area contributed by atoms with Gasteiger partial charge in [0.15, 0.2) is 10.1 Å². The van der Waals surface area contributed by atoms with Gasteiger partial charge in [-0.1, -0.05) is 13.8 Å². The number of hydrogen-bond acceptors (Lipinski definition) is 3. The van der Waals surface area contributed by atoms with Gasteiger partial charge in [0.1, 0.15) is 0 Å². The van der Waals surface area contributed by atoms with Crippen molar-refractivity contribution < 1.29 is 31.0 Å². The molecule has 1 aliphatic heterocycles. The van der Waals surface area contributed by atoms with E-state index in [0.717, 1.165) is 5.92 Å². The summed E-state index contributed by atoms with van der Waals surface area (Å²) in [5, 5.41) is 0. The van der Waals surface area contributed by atoms with E-state index < -0.39 is 15.6 Å². The SMILES string of the molecule is CCC[NH+]1CCC(C)C1.O=S(=O)([O-])C(F)(F)F. The van der Waals surface area contributed by atoms with Crippen molar-refractivity contribution in [1.82, 2.24) is 0 Å². The zero-order valence-corrected chi connectivity index (χ0v) is 10.7. The van der Waals surface area contributed by atoms with Crippen molar-refractivity contribution in [1.29, 1.82) is 0 Å². The minimum absolute atomic E-state index is 0.992. The summed E-state index contributed by atoms with van der Waals surface area (Å²) in [7, 11) is -6.09. The van der Waals surface area contributed by atoms with E-state index in [1.165, 1.54) is 32.5 Å². The monoisotopic (exact) mass is 277 g/mol. The molecule has 17 heavy (non-hydrogen) atoms. The molecule has 104 valence electrons. The van der Waals surface area contributed by atoms with Crippen LogP contribution in [0.2, 0.25) is 0 Å². The Morgan fingerprint density at radius 2 is 1.88 bits per heavy atom. The van der Waals surface area contributed by atoms with E-state index >= 15 is 0 Å². The summed E-state index contributed by atoms with van der Waals surface area (Å²) >= 11 is 0. The van der Waals surface area contributed by atoms with Gasteiger partial charge in [-0.15, -0.1) is 0 Å². The van der Waals surface area contributed by atoms with Gasteiger partial charge in [-0.05, 0) is 6.42 Å². The number of hydrogen-bond donors (Lipinski definition) is 1. The molecule has 0 aromatic carbocycles. The predicted molar refractivity (Wildman–Crippen MR) is 55.4 cm³/mol. The highest BCUT2D eigenvalue weighted by Gasteiger charge is 2.36. The molecule has 0 radical (unpaired) electrons. The average Bonchev–Trinajstić information content (AvgIpc) is 2.49. The van der Waals surface area contributed by atoms with Gasteiger partial charge in [-0.3, -0.25) is 0 Å². The Balaban J connectivity index is 0.000000304. The summed E-state index contributed by atoms with van der Waals surface area (Å²) in [5.74, 6) is 0.992. The molecule has 4 nitrogen and oxygen atoms in total. The van der Waals surface area contributed by atoms with E-state index in [0.29, 0.717) is 0 Å². The lowest BCUT2D eigenvalue weighted by atomic mass is 10.2. The molecule has 1 fully saturated rings. The van der Waals surface area contributed by atoms with Crippen LogP contribution in [-0.2, 0) is 10.1 Å². The average molecular weight is 277 g/mol. The van der Waals surface area contributed by atoms with Gasteiger partial charge in [0.05, 0.1) is 19.6 Å². The fourth-order valence-electron chi connectivity index (χ4n) is 1.73. The lowest BCUT2D eigenvalue weighted by Gasteiger charge is -2.09. The molecular formula is C9H18F3NO3S. The summed E-state index contributed by atoms with van der Waals surface area (Å²) in [5.41, 5.74) is -5.65. The van der Waals surface area contributed by atoms with Crippen molar-refractivity contribution in [3.63, 3.8) is 0 Å². The van der Waals surface area contributed by atoms with Crippen LogP contribution in [0.25, 0.3) is 0 Å². The lowest BCUT2D eigenvalue weighted by molar-refractivity contribution is -0.888. The minimum atomic E-state index is -6.09. The van der Waals surface area contributed by atoms with Crippen LogP contribution in [0.4, 0.5) is 13.2 Å². The quantitative estimate of drug-likeness (QED) is 0.586. The van der Waals surface area contributed by atoms with Gasteiger partial charge in [0.25, 0.3) is 0 Å². The molecule has 0 aromatic heterocycles. The molecule has 0 aromatic rings. The second kappa shape index (κ2) is 6.55. The fraction of sp³-hybridized carbons (Fsp3) is 1.00. The van der Waals surface area contributed by atoms with Crippen molar-refractivity contribution in [2.24, 2.45) is 5.92 Å². The maximum Gasteiger partial charge on any atom is 0.485 e. The van der Waals surface area contributed by atoms with E-state index in [4.69, 9.17) is 13.0 Å². The van der Waals surface area contributed by atoms with Crippen molar-refractivity contribution in [2.75, 3.05) is 19.6 Å². The lowest BCUT2D eigenvalue weighted by Crippen LogP contribution is -3.10. The van der Waals surface area contributed by atoms with Crippen LogP contribution in [-0.4, -0.2) is 38.1 Å². The number of halogens is 3. The first-order valence-corrected chi connectivity index (χ1v) is 6.84. The van der Waals surface area contributed by atoms with Crippen LogP contribution in [0, 0.1) is 5.92 Å². The Hall–Kier alpha value is -0.340. The van der Waals surface area contributed by atoms with Crippen LogP contribution >= 0.6 is 0 Å². The summed E-state index contributed by atoms with van der Waals surface area (Å²) in [6.07, 6.45) is 2.80. The summed E-state index contributed by atoms with van der Waals surface area (Å²) in [6.45, 7) is 8.88. The maximum absolute atomic E-state index is 10.7. The van der Waals surface area contributed by atoms with E-state index in [1.807, 2.05) is 4.90 Å². The highest BCUT2D eigenvalue weighted by Crippen LogP contribution is 2.20. The standard InChI is InChI=1S/C8H17N.CHF3O3S/c1-3-5-9-6-4-8(2)7-9;2-1(3,4)8(5,6)7/h8H,3-7H2,1-2H3;(H,5,6,7). The second-order valence-corrected chi connectivity index (χ2v) is 5.62. The normalized spacial score (nSPS) is 25.3. The number of rotatable bonds is 2. The third-order valence-electron chi connectivity index (χ3n) is 2.51. The predicted octanol–water partition coefficient (Wildman–Crippen LogP) is 0.372. The number of likely N-dealkylation sites (tertiary alicyclic amines) is 1. The first kappa shape index (κ1) is 16.7. The molecule has 0 aliphatic carbocycles. The van der Waals surface area contributed by atoms with Crippen LogP contribution in [0.1, 0.15) is 26.7 Å². The molecule has 1 N–H and O–H groups in total. The zero-order valence-electron chi connectivity index (χ0n) is 9.88. The molecule has 0 spiro atoms. The Morgan fingerprint density at radius 3 is 2.12 bits per heavy atom. The largest absolute Gasteiger partial charge is 0.741 e. The molecular weight excluding hydrogens is 259 g/mol. The van der Waals surface area contributed by atoms with Gasteiger partial charge in [0.2, 0.25) is 0 Å². The van der Waals surface area contributed by atoms with Gasteiger partial charge < -0.3 is 9.45 Å². The highest BCUT2D eigenvalue weighted by molar-refractivity contribution is 7.86. The Kier molecular flexibility index (Phi) is 6.42. The van der Waals surface area contributed by atoms with Crippen molar-refractivity contribution in [2.45, 2.75) is 32.2 Å². The number of quaternary nitrogens is 1. The van der Waals surface area contributed by atoms with Crippen LogP contribution in [0.3, 0.4) is 0 Å². The van der Waals surface area contributed by atoms with E-state index in [2.05, 4.69) is 13.8 Å². The molecule has 8 heteroatoms. The summed E-state index contributed by atoms with van der Waals surface area (Å²) in [6, 6.07) is 0. The smallest absolute Gasteiger partial charge is 0.485 e. The maximum atomic E-state index is 10.7. The van der Waals surface area contributed by atoms with E-state index in [9.17, 15) is 13.2 Å². The third-order valence-corrected chi connectivity index (χ3v) is 3.08. The second-order valence-electron chi connectivity index (χ2n) is 4.25. The van der Waals surface area contributed by atoms with Crippen molar-refractivity contribution in [3.05, 3.63) is 0 Å². The molecule has 0 amide bonds. The Bertz CT molecular complexity index is 314. The van der Waals surface area contributed by atoms with Crippen LogP contribution in [0.15, 0.2) is 0 Å². The molecule has 1 heterocycles. The highest BCUT2D eigenvalue weighted by atomic mass is 32.2. The van der Waals surface area contributed by atoms with Gasteiger partial charge >= 0.3 is 5.51 Å². The summed E-state index contributed by atoms with van der Waals surface area (Å²) in [4.78, 5) is 1.82. The van der Waals surface area contributed by atoms with Crippen LogP contribution in [0.5, 0.6) is 0 Å². The molecule has 1 saturated heterocycles. The topological polar surface area (TPSA) is 61.6 Å². The summed E-state index contributed by atoms with van der Waals surface area (Å²) < 4.78 is 58.9. The van der Waals surface area contributed by atoms with Crippen molar-refractivity contribution in [3.8, 4) is 0 Å². The first-order chi connectivity index (χ1) is 7.58. The molecule has 0 saturated carbocycles. The van der Waals surface area contributed by atoms with Crippen LogP contribution < -0.4 is 4.90 Å². The number of nitrogens with one attached hydrogen (secondary N) is 1. The van der Waals surface area contributed by atoms with Gasteiger partial charge in [0, 0.05) is 12.3 Å².